The molecule has 0 saturated carbocycles. The lowest BCUT2D eigenvalue weighted by atomic mass is 10.6. The third-order valence-electron chi connectivity index (χ3n) is 0.580. The van der Waals surface area contributed by atoms with Crippen LogP contribution in [-0.2, 0) is 10.2 Å². The number of hydrogen-bond acceptors (Lipinski definition) is 2. The van der Waals surface area contributed by atoms with Gasteiger partial charge >= 0.3 is 10.2 Å². The summed E-state index contributed by atoms with van der Waals surface area (Å²) in [5.74, 6) is -0.606. The average Bonchev–Trinajstić information content (AvgIpc) is 1.59. The van der Waals surface area contributed by atoms with Gasteiger partial charge in [-0.15, -0.1) is 27.1 Å². The minimum Gasteiger partial charge on any atom is -0.195 e. The van der Waals surface area contributed by atoms with E-state index in [4.69, 9.17) is 23.2 Å². The Morgan fingerprint density at radius 1 is 1.44 bits per heavy atom. The highest BCUT2D eigenvalue weighted by molar-refractivity contribution is 7.86. The summed E-state index contributed by atoms with van der Waals surface area (Å²) in [4.78, 5) is -0.810. The van der Waals surface area contributed by atoms with Gasteiger partial charge in [0.25, 0.3) is 0 Å². The first-order valence-electron chi connectivity index (χ1n) is 2.12. The Kier molecular flexibility index (Phi) is 3.77. The van der Waals surface area contributed by atoms with Gasteiger partial charge in [-0.05, 0) is 6.42 Å². The number of hydrogen-bond donors (Lipinski definition) is 0. The Balaban J connectivity index is 3.53. The van der Waals surface area contributed by atoms with Gasteiger partial charge in [-0.1, -0.05) is 0 Å². The van der Waals surface area contributed by atoms with Crippen molar-refractivity contribution < 1.29 is 12.3 Å². The lowest BCUT2D eigenvalue weighted by molar-refractivity contribution is 0.550. The van der Waals surface area contributed by atoms with Gasteiger partial charge < -0.3 is 0 Å². The molecule has 0 aliphatic rings. The van der Waals surface area contributed by atoms with Crippen LogP contribution in [0.25, 0.3) is 0 Å². The third kappa shape index (κ3) is 8.46. The topological polar surface area (TPSA) is 34.1 Å². The lowest BCUT2D eigenvalue weighted by Crippen LogP contribution is -2.01. The molecule has 0 heterocycles. The predicted octanol–water partition coefficient (Wildman–Crippen LogP) is 1.48. The van der Waals surface area contributed by atoms with Crippen LogP contribution in [0.5, 0.6) is 0 Å². The molecule has 0 amide bonds. The van der Waals surface area contributed by atoms with Crippen LogP contribution in [0.2, 0.25) is 0 Å². The van der Waals surface area contributed by atoms with Crippen molar-refractivity contribution in [2.45, 2.75) is 11.3 Å². The van der Waals surface area contributed by atoms with Gasteiger partial charge in [0.1, 0.15) is 4.84 Å². The summed E-state index contributed by atoms with van der Waals surface area (Å²) in [5.41, 5.74) is 0. The molecule has 0 aromatic rings. The monoisotopic (exact) mass is 194 g/mol. The normalized spacial score (nSPS) is 12.4. The van der Waals surface area contributed by atoms with Crippen LogP contribution < -0.4 is 0 Å². The highest BCUT2D eigenvalue weighted by Gasteiger charge is 2.09. The standard InChI is InChI=1S/C3H5Cl2FO2S/c4-3(5)1-2-9(6,7)8/h3H,1-2H2. The largest absolute Gasteiger partial charge is 0.302 e. The highest BCUT2D eigenvalue weighted by atomic mass is 35.5. The van der Waals surface area contributed by atoms with Crippen LogP contribution in [0.3, 0.4) is 0 Å². The fourth-order valence-corrected chi connectivity index (χ4v) is 1.22. The minimum absolute atomic E-state index is 0.0675. The van der Waals surface area contributed by atoms with Gasteiger partial charge in [0, 0.05) is 0 Å². The van der Waals surface area contributed by atoms with Crippen LogP contribution >= 0.6 is 23.2 Å². The second-order valence-electron chi connectivity index (χ2n) is 1.42. The molecule has 0 aliphatic heterocycles. The van der Waals surface area contributed by atoms with Crippen LogP contribution in [0.15, 0.2) is 0 Å². The van der Waals surface area contributed by atoms with E-state index < -0.39 is 20.8 Å². The van der Waals surface area contributed by atoms with E-state index >= 15 is 0 Å². The molecule has 0 radical (unpaired) electrons. The van der Waals surface area contributed by atoms with E-state index in [1.165, 1.54) is 0 Å². The van der Waals surface area contributed by atoms with Gasteiger partial charge in [0.15, 0.2) is 0 Å². The molecule has 0 atom stereocenters. The zero-order valence-corrected chi connectivity index (χ0v) is 6.68. The van der Waals surface area contributed by atoms with Crippen molar-refractivity contribution in [3.63, 3.8) is 0 Å². The van der Waals surface area contributed by atoms with Gasteiger partial charge in [0.05, 0.1) is 5.75 Å². The average molecular weight is 195 g/mol. The zero-order chi connectivity index (χ0) is 7.49. The first-order valence-corrected chi connectivity index (χ1v) is 4.55. The van der Waals surface area contributed by atoms with Crippen molar-refractivity contribution in [2.75, 3.05) is 5.75 Å². The summed E-state index contributed by atoms with van der Waals surface area (Å²) >= 11 is 10.2. The predicted molar refractivity (Wildman–Crippen MR) is 35.0 cm³/mol. The van der Waals surface area contributed by atoms with E-state index in [9.17, 15) is 12.3 Å². The van der Waals surface area contributed by atoms with Crippen LogP contribution in [0.1, 0.15) is 6.42 Å². The fraction of sp³-hybridized carbons (Fsp3) is 1.00. The molecular formula is C3H5Cl2FO2S. The molecule has 0 unspecified atom stereocenters. The summed E-state index contributed by atoms with van der Waals surface area (Å²) < 4.78 is 31.1. The first kappa shape index (κ1) is 9.46. The minimum atomic E-state index is -4.39. The molecule has 0 aliphatic carbocycles. The zero-order valence-electron chi connectivity index (χ0n) is 4.35. The second kappa shape index (κ2) is 3.58. The maximum absolute atomic E-state index is 11.6. The van der Waals surface area contributed by atoms with Crippen LogP contribution in [0.4, 0.5) is 3.89 Å². The number of rotatable bonds is 3. The lowest BCUT2D eigenvalue weighted by Gasteiger charge is -1.94. The molecule has 0 rings (SSSR count). The molecule has 0 N–H and O–H groups in total. The third-order valence-corrected chi connectivity index (χ3v) is 1.74. The van der Waals surface area contributed by atoms with Gasteiger partial charge in [-0.2, -0.15) is 8.42 Å². The van der Waals surface area contributed by atoms with Crippen molar-refractivity contribution in [2.24, 2.45) is 0 Å². The van der Waals surface area contributed by atoms with Gasteiger partial charge in [0.2, 0.25) is 0 Å². The van der Waals surface area contributed by atoms with Crippen molar-refractivity contribution >= 4 is 33.4 Å². The summed E-state index contributed by atoms with van der Waals surface area (Å²) in [7, 11) is -4.39. The fourth-order valence-electron chi connectivity index (χ4n) is 0.230. The van der Waals surface area contributed by atoms with Crippen molar-refractivity contribution in [3.8, 4) is 0 Å². The van der Waals surface area contributed by atoms with E-state index in [1.807, 2.05) is 0 Å². The molecule has 0 bridgehead atoms. The molecule has 2 nitrogen and oxygen atoms in total. The molecule has 0 spiro atoms. The van der Waals surface area contributed by atoms with Gasteiger partial charge in [-0.25, -0.2) is 0 Å². The summed E-state index contributed by atoms with van der Waals surface area (Å²) in [6, 6.07) is 0. The molecule has 0 fully saturated rings. The molecule has 0 aromatic heterocycles. The van der Waals surface area contributed by atoms with E-state index in [1.54, 1.807) is 0 Å². The Bertz CT molecular complexity index is 165. The Morgan fingerprint density at radius 2 is 1.89 bits per heavy atom. The second-order valence-corrected chi connectivity index (χ2v) is 4.19. The van der Waals surface area contributed by atoms with E-state index in [0.717, 1.165) is 0 Å². The highest BCUT2D eigenvalue weighted by Crippen LogP contribution is 2.08. The quantitative estimate of drug-likeness (QED) is 0.504. The van der Waals surface area contributed by atoms with Crippen molar-refractivity contribution in [1.82, 2.24) is 0 Å². The number of halogens is 3. The Labute approximate surface area is 63.2 Å². The molecular weight excluding hydrogens is 190 g/mol. The number of alkyl halides is 2. The first-order chi connectivity index (χ1) is 3.92. The van der Waals surface area contributed by atoms with Crippen LogP contribution in [0, 0.1) is 0 Å². The van der Waals surface area contributed by atoms with Crippen molar-refractivity contribution in [1.29, 1.82) is 0 Å². The van der Waals surface area contributed by atoms with Crippen LogP contribution in [-0.4, -0.2) is 19.0 Å². The summed E-state index contributed by atoms with van der Waals surface area (Å²) in [6.45, 7) is 0. The van der Waals surface area contributed by atoms with Gasteiger partial charge in [-0.3, -0.25) is 0 Å². The maximum Gasteiger partial charge on any atom is 0.302 e. The molecule has 0 saturated heterocycles. The molecule has 6 heteroatoms. The molecule has 9 heavy (non-hydrogen) atoms. The Morgan fingerprint density at radius 3 is 2.00 bits per heavy atom. The van der Waals surface area contributed by atoms with E-state index in [0.29, 0.717) is 0 Å². The molecule has 0 aromatic carbocycles. The Hall–Kier alpha value is 0.460. The summed E-state index contributed by atoms with van der Waals surface area (Å²) in [6.07, 6.45) is -0.0675. The van der Waals surface area contributed by atoms with E-state index in [-0.39, 0.29) is 6.42 Å². The molecule has 56 valence electrons. The maximum atomic E-state index is 11.6. The smallest absolute Gasteiger partial charge is 0.195 e. The van der Waals surface area contributed by atoms with E-state index in [2.05, 4.69) is 0 Å². The summed E-state index contributed by atoms with van der Waals surface area (Å²) in [5, 5.41) is 0. The SMILES string of the molecule is O=S(=O)(F)CCC(Cl)Cl. The van der Waals surface area contributed by atoms with Crippen molar-refractivity contribution in [3.05, 3.63) is 0 Å².